The normalized spacial score (nSPS) is 11.2. The zero-order chi connectivity index (χ0) is 15.7. The Hall–Kier alpha value is -2.66. The van der Waals surface area contributed by atoms with Gasteiger partial charge in [0.25, 0.3) is 0 Å². The number of aromatic hydroxyl groups is 1. The SMILES string of the molecule is CN(C)Cc1ccc2c(=O)cc(-c3ccc(O)cc3)oc2n1. The largest absolute Gasteiger partial charge is 0.508 e. The first-order valence-electron chi connectivity index (χ1n) is 6.91. The summed E-state index contributed by atoms with van der Waals surface area (Å²) in [5.74, 6) is 0.602. The van der Waals surface area contributed by atoms with E-state index in [2.05, 4.69) is 4.98 Å². The van der Waals surface area contributed by atoms with Gasteiger partial charge in [-0.1, -0.05) is 0 Å². The Balaban J connectivity index is 2.13. The summed E-state index contributed by atoms with van der Waals surface area (Å²) in [6, 6.07) is 11.5. The molecule has 0 atom stereocenters. The van der Waals surface area contributed by atoms with Crippen LogP contribution >= 0.6 is 0 Å². The van der Waals surface area contributed by atoms with E-state index < -0.39 is 0 Å². The highest BCUT2D eigenvalue weighted by Crippen LogP contribution is 2.23. The lowest BCUT2D eigenvalue weighted by molar-refractivity contribution is 0.396. The molecular formula is C17H16N2O3. The fourth-order valence-electron chi connectivity index (χ4n) is 2.25. The molecular weight excluding hydrogens is 280 g/mol. The van der Waals surface area contributed by atoms with E-state index in [1.165, 1.54) is 6.07 Å². The number of rotatable bonds is 3. The second kappa shape index (κ2) is 5.61. The molecule has 3 rings (SSSR count). The molecule has 112 valence electrons. The molecule has 0 aliphatic rings. The summed E-state index contributed by atoms with van der Waals surface area (Å²) in [5.41, 5.74) is 1.75. The first-order valence-corrected chi connectivity index (χ1v) is 6.91. The van der Waals surface area contributed by atoms with Crippen molar-refractivity contribution in [2.45, 2.75) is 6.54 Å². The highest BCUT2D eigenvalue weighted by molar-refractivity contribution is 5.75. The minimum Gasteiger partial charge on any atom is -0.508 e. The van der Waals surface area contributed by atoms with Crippen molar-refractivity contribution in [3.8, 4) is 17.1 Å². The van der Waals surface area contributed by atoms with Crippen LogP contribution in [0.15, 0.2) is 51.7 Å². The van der Waals surface area contributed by atoms with Gasteiger partial charge in [-0.2, -0.15) is 0 Å². The summed E-state index contributed by atoms with van der Waals surface area (Å²) in [4.78, 5) is 18.6. The summed E-state index contributed by atoms with van der Waals surface area (Å²) >= 11 is 0. The fourth-order valence-corrected chi connectivity index (χ4v) is 2.25. The zero-order valence-corrected chi connectivity index (χ0v) is 12.4. The number of aromatic nitrogens is 1. The topological polar surface area (TPSA) is 66.6 Å². The van der Waals surface area contributed by atoms with E-state index in [1.807, 2.05) is 25.1 Å². The maximum Gasteiger partial charge on any atom is 0.230 e. The zero-order valence-electron chi connectivity index (χ0n) is 12.4. The number of phenolic OH excluding ortho intramolecular Hbond substituents is 1. The van der Waals surface area contributed by atoms with Gasteiger partial charge in [0.15, 0.2) is 5.43 Å². The summed E-state index contributed by atoms with van der Waals surface area (Å²) in [7, 11) is 3.91. The summed E-state index contributed by atoms with van der Waals surface area (Å²) in [6.07, 6.45) is 0. The molecule has 0 saturated heterocycles. The van der Waals surface area contributed by atoms with Crippen LogP contribution in [0, 0.1) is 0 Å². The predicted molar refractivity (Wildman–Crippen MR) is 84.8 cm³/mol. The molecule has 1 N–H and O–H groups in total. The van der Waals surface area contributed by atoms with Gasteiger partial charge >= 0.3 is 0 Å². The minimum atomic E-state index is -0.131. The Labute approximate surface area is 127 Å². The van der Waals surface area contributed by atoms with Gasteiger partial charge in [0, 0.05) is 18.2 Å². The van der Waals surface area contributed by atoms with Gasteiger partial charge in [0.1, 0.15) is 11.5 Å². The molecule has 0 spiro atoms. The highest BCUT2D eigenvalue weighted by Gasteiger charge is 2.09. The van der Waals surface area contributed by atoms with Crippen LogP contribution < -0.4 is 5.43 Å². The van der Waals surface area contributed by atoms with Crippen LogP contribution in [0.25, 0.3) is 22.4 Å². The van der Waals surface area contributed by atoms with E-state index in [-0.39, 0.29) is 11.2 Å². The quantitative estimate of drug-likeness (QED) is 0.804. The molecule has 2 heterocycles. The maximum absolute atomic E-state index is 12.2. The van der Waals surface area contributed by atoms with E-state index in [9.17, 15) is 9.90 Å². The summed E-state index contributed by atoms with van der Waals surface area (Å²) < 4.78 is 5.78. The van der Waals surface area contributed by atoms with Crippen LogP contribution in [0.2, 0.25) is 0 Å². The molecule has 5 heteroatoms. The van der Waals surface area contributed by atoms with E-state index in [0.717, 1.165) is 11.3 Å². The van der Waals surface area contributed by atoms with E-state index in [4.69, 9.17) is 4.42 Å². The maximum atomic E-state index is 12.2. The molecule has 0 saturated carbocycles. The van der Waals surface area contributed by atoms with E-state index >= 15 is 0 Å². The molecule has 0 bridgehead atoms. The second-order valence-corrected chi connectivity index (χ2v) is 5.41. The van der Waals surface area contributed by atoms with Crippen molar-refractivity contribution in [1.82, 2.24) is 9.88 Å². The van der Waals surface area contributed by atoms with E-state index in [1.54, 1.807) is 30.3 Å². The van der Waals surface area contributed by atoms with E-state index in [0.29, 0.717) is 23.4 Å². The third-order valence-electron chi connectivity index (χ3n) is 3.28. The van der Waals surface area contributed by atoms with Gasteiger partial charge in [-0.3, -0.25) is 4.79 Å². The molecule has 0 aliphatic heterocycles. The molecule has 5 nitrogen and oxygen atoms in total. The van der Waals surface area contributed by atoms with Gasteiger partial charge < -0.3 is 14.4 Å². The Morgan fingerprint density at radius 2 is 1.86 bits per heavy atom. The predicted octanol–water partition coefficient (Wildman–Crippen LogP) is 2.62. The number of pyridine rings is 1. The third-order valence-corrected chi connectivity index (χ3v) is 3.28. The van der Waals surface area contributed by atoms with Crippen molar-refractivity contribution >= 4 is 11.1 Å². The molecule has 22 heavy (non-hydrogen) atoms. The standard InChI is InChI=1S/C17H16N2O3/c1-19(2)10-12-5-8-14-15(21)9-16(22-17(14)18-12)11-3-6-13(20)7-4-11/h3-9,20H,10H2,1-2H3. The summed E-state index contributed by atoms with van der Waals surface area (Å²) in [5, 5.41) is 9.80. The van der Waals surface area contributed by atoms with Crippen molar-refractivity contribution in [1.29, 1.82) is 0 Å². The van der Waals surface area contributed by atoms with Crippen LogP contribution in [-0.2, 0) is 6.54 Å². The molecule has 3 aromatic rings. The first kappa shape index (κ1) is 14.3. The van der Waals surface area contributed by atoms with Gasteiger partial charge in [-0.25, -0.2) is 4.98 Å². The fraction of sp³-hybridized carbons (Fsp3) is 0.176. The molecule has 0 amide bonds. The Kier molecular flexibility index (Phi) is 3.65. The molecule has 0 aliphatic carbocycles. The number of hydrogen-bond donors (Lipinski definition) is 1. The smallest absolute Gasteiger partial charge is 0.230 e. The van der Waals surface area contributed by atoms with Crippen molar-refractivity contribution in [2.75, 3.05) is 14.1 Å². The number of benzene rings is 1. The molecule has 1 aromatic carbocycles. The Bertz CT molecular complexity index is 867. The Morgan fingerprint density at radius 3 is 2.55 bits per heavy atom. The molecule has 0 unspecified atom stereocenters. The molecule has 2 aromatic heterocycles. The molecule has 0 radical (unpaired) electrons. The van der Waals surface area contributed by atoms with Gasteiger partial charge in [-0.05, 0) is 50.5 Å². The lowest BCUT2D eigenvalue weighted by Crippen LogP contribution is -2.12. The van der Waals surface area contributed by atoms with Crippen molar-refractivity contribution < 1.29 is 9.52 Å². The number of hydrogen-bond acceptors (Lipinski definition) is 5. The minimum absolute atomic E-state index is 0.131. The summed E-state index contributed by atoms with van der Waals surface area (Å²) in [6.45, 7) is 0.670. The monoisotopic (exact) mass is 296 g/mol. The van der Waals surface area contributed by atoms with Crippen molar-refractivity contribution in [3.63, 3.8) is 0 Å². The van der Waals surface area contributed by atoms with Crippen LogP contribution in [0.4, 0.5) is 0 Å². The highest BCUT2D eigenvalue weighted by atomic mass is 16.3. The van der Waals surface area contributed by atoms with Crippen molar-refractivity contribution in [2.24, 2.45) is 0 Å². The number of fused-ring (bicyclic) bond motifs is 1. The Morgan fingerprint density at radius 1 is 1.14 bits per heavy atom. The molecule has 0 fully saturated rings. The third kappa shape index (κ3) is 2.84. The number of nitrogens with zero attached hydrogens (tertiary/aromatic N) is 2. The van der Waals surface area contributed by atoms with Crippen LogP contribution in [0.1, 0.15) is 5.69 Å². The van der Waals surface area contributed by atoms with Crippen LogP contribution in [0.5, 0.6) is 5.75 Å². The first-order chi connectivity index (χ1) is 10.5. The lowest BCUT2D eigenvalue weighted by atomic mass is 10.1. The second-order valence-electron chi connectivity index (χ2n) is 5.41. The van der Waals surface area contributed by atoms with Crippen molar-refractivity contribution in [3.05, 3.63) is 58.4 Å². The average Bonchev–Trinajstić information content (AvgIpc) is 2.47. The average molecular weight is 296 g/mol. The van der Waals surface area contributed by atoms with Crippen LogP contribution in [-0.4, -0.2) is 29.1 Å². The van der Waals surface area contributed by atoms with Gasteiger partial charge in [0.2, 0.25) is 5.71 Å². The lowest BCUT2D eigenvalue weighted by Gasteiger charge is -2.09. The number of phenols is 1. The van der Waals surface area contributed by atoms with Gasteiger partial charge in [-0.15, -0.1) is 0 Å². The van der Waals surface area contributed by atoms with Gasteiger partial charge in [0.05, 0.1) is 11.1 Å². The van der Waals surface area contributed by atoms with Crippen LogP contribution in [0.3, 0.4) is 0 Å².